The predicted octanol–water partition coefficient (Wildman–Crippen LogP) is 4.03. The fourth-order valence-corrected chi connectivity index (χ4v) is 3.20. The van der Waals surface area contributed by atoms with Crippen molar-refractivity contribution in [1.82, 2.24) is 4.90 Å². The van der Waals surface area contributed by atoms with E-state index in [0.29, 0.717) is 15.6 Å². The van der Waals surface area contributed by atoms with Gasteiger partial charge in [0.25, 0.3) is 0 Å². The SMILES string of the molecule is CC(C)(C)OC(=O)N1C[C@H](C(=O)O)[C@H](c2ccc(Cl)cc2Cl)C1. The zero-order chi connectivity index (χ0) is 17.4. The van der Waals surface area contributed by atoms with Gasteiger partial charge in [-0.1, -0.05) is 29.3 Å². The number of carbonyl (C=O) groups excluding carboxylic acids is 1. The minimum atomic E-state index is -0.966. The van der Waals surface area contributed by atoms with E-state index in [0.717, 1.165) is 0 Å². The zero-order valence-electron chi connectivity index (χ0n) is 13.2. The lowest BCUT2D eigenvalue weighted by Gasteiger charge is -2.24. The van der Waals surface area contributed by atoms with Gasteiger partial charge < -0.3 is 14.7 Å². The van der Waals surface area contributed by atoms with Crippen LogP contribution in [0.3, 0.4) is 0 Å². The van der Waals surface area contributed by atoms with E-state index in [1.54, 1.807) is 39.0 Å². The van der Waals surface area contributed by atoms with Gasteiger partial charge in [-0.2, -0.15) is 0 Å². The number of carboxylic acids is 1. The Morgan fingerprint density at radius 2 is 1.91 bits per heavy atom. The molecule has 126 valence electrons. The van der Waals surface area contributed by atoms with E-state index >= 15 is 0 Å². The molecule has 0 saturated carbocycles. The number of carboxylic acid groups (broad SMARTS) is 1. The molecule has 1 heterocycles. The molecule has 5 nitrogen and oxygen atoms in total. The number of likely N-dealkylation sites (tertiary alicyclic amines) is 1. The molecule has 1 fully saturated rings. The molecule has 23 heavy (non-hydrogen) atoms. The lowest BCUT2D eigenvalue weighted by molar-refractivity contribution is -0.141. The molecule has 0 bridgehead atoms. The minimum absolute atomic E-state index is 0.0911. The summed E-state index contributed by atoms with van der Waals surface area (Å²) in [6, 6.07) is 4.95. The minimum Gasteiger partial charge on any atom is -0.481 e. The number of ether oxygens (including phenoxy) is 1. The maximum Gasteiger partial charge on any atom is 0.410 e. The predicted molar refractivity (Wildman–Crippen MR) is 88.1 cm³/mol. The van der Waals surface area contributed by atoms with E-state index in [1.165, 1.54) is 4.90 Å². The van der Waals surface area contributed by atoms with Crippen molar-refractivity contribution in [3.63, 3.8) is 0 Å². The highest BCUT2D eigenvalue weighted by Crippen LogP contribution is 2.38. The van der Waals surface area contributed by atoms with Crippen molar-refractivity contribution in [2.24, 2.45) is 5.92 Å². The quantitative estimate of drug-likeness (QED) is 0.865. The van der Waals surface area contributed by atoms with Crippen LogP contribution in [0, 0.1) is 5.92 Å². The van der Waals surface area contributed by atoms with Crippen molar-refractivity contribution in [3.05, 3.63) is 33.8 Å². The van der Waals surface area contributed by atoms with Crippen molar-refractivity contribution in [2.45, 2.75) is 32.3 Å². The third-order valence-corrected chi connectivity index (χ3v) is 4.21. The third-order valence-electron chi connectivity index (χ3n) is 3.65. The second-order valence-electron chi connectivity index (χ2n) is 6.60. The first-order valence-electron chi connectivity index (χ1n) is 7.24. The van der Waals surface area contributed by atoms with Gasteiger partial charge in [-0.25, -0.2) is 4.79 Å². The number of carbonyl (C=O) groups is 2. The number of amides is 1. The van der Waals surface area contributed by atoms with E-state index in [4.69, 9.17) is 27.9 Å². The van der Waals surface area contributed by atoms with Crippen LogP contribution in [-0.4, -0.2) is 40.8 Å². The second-order valence-corrected chi connectivity index (χ2v) is 7.45. The van der Waals surface area contributed by atoms with E-state index < -0.39 is 29.5 Å². The highest BCUT2D eigenvalue weighted by molar-refractivity contribution is 6.35. The normalized spacial score (nSPS) is 21.3. The van der Waals surface area contributed by atoms with Gasteiger partial charge in [0.1, 0.15) is 5.60 Å². The molecule has 1 aromatic carbocycles. The molecule has 1 aromatic rings. The van der Waals surface area contributed by atoms with Crippen LogP contribution < -0.4 is 0 Å². The number of nitrogens with zero attached hydrogens (tertiary/aromatic N) is 1. The van der Waals surface area contributed by atoms with E-state index in [1.807, 2.05) is 0 Å². The van der Waals surface area contributed by atoms with Gasteiger partial charge in [0, 0.05) is 29.1 Å². The Bertz CT molecular complexity index is 627. The van der Waals surface area contributed by atoms with Gasteiger partial charge in [-0.15, -0.1) is 0 Å². The lowest BCUT2D eigenvalue weighted by Crippen LogP contribution is -2.35. The van der Waals surface area contributed by atoms with Crippen LogP contribution in [0.25, 0.3) is 0 Å². The highest BCUT2D eigenvalue weighted by Gasteiger charge is 2.42. The first-order chi connectivity index (χ1) is 10.6. The van der Waals surface area contributed by atoms with Gasteiger partial charge in [0.05, 0.1) is 5.92 Å². The molecule has 1 N–H and O–H groups in total. The summed E-state index contributed by atoms with van der Waals surface area (Å²) >= 11 is 12.1. The summed E-state index contributed by atoms with van der Waals surface area (Å²) in [5.74, 6) is -2.10. The van der Waals surface area contributed by atoms with Crippen molar-refractivity contribution >= 4 is 35.3 Å². The average molecular weight is 360 g/mol. The first kappa shape index (κ1) is 17.9. The van der Waals surface area contributed by atoms with Crippen molar-refractivity contribution in [3.8, 4) is 0 Å². The fraction of sp³-hybridized carbons (Fsp3) is 0.500. The zero-order valence-corrected chi connectivity index (χ0v) is 14.7. The third kappa shape index (κ3) is 4.30. The molecule has 7 heteroatoms. The summed E-state index contributed by atoms with van der Waals surface area (Å²) in [4.78, 5) is 25.2. The summed E-state index contributed by atoms with van der Waals surface area (Å²) in [5, 5.41) is 10.4. The summed E-state index contributed by atoms with van der Waals surface area (Å²) < 4.78 is 5.32. The molecule has 0 aliphatic carbocycles. The molecule has 0 unspecified atom stereocenters. The number of hydrogen-bond acceptors (Lipinski definition) is 3. The Balaban J connectivity index is 2.25. The highest BCUT2D eigenvalue weighted by atomic mass is 35.5. The molecule has 0 radical (unpaired) electrons. The monoisotopic (exact) mass is 359 g/mol. The molecule has 1 amide bonds. The van der Waals surface area contributed by atoms with E-state index in [9.17, 15) is 14.7 Å². The van der Waals surface area contributed by atoms with Gasteiger partial charge in [-0.3, -0.25) is 4.79 Å². The van der Waals surface area contributed by atoms with Crippen LogP contribution in [0.1, 0.15) is 32.3 Å². The Morgan fingerprint density at radius 1 is 1.26 bits per heavy atom. The largest absolute Gasteiger partial charge is 0.481 e. The molecule has 0 spiro atoms. The Hall–Kier alpha value is -1.46. The van der Waals surface area contributed by atoms with Gasteiger partial charge in [0.15, 0.2) is 0 Å². The van der Waals surface area contributed by atoms with Gasteiger partial charge in [-0.05, 0) is 38.5 Å². The maximum atomic E-state index is 12.2. The van der Waals surface area contributed by atoms with Crippen LogP contribution in [0.5, 0.6) is 0 Å². The molecule has 0 aromatic heterocycles. The first-order valence-corrected chi connectivity index (χ1v) is 8.00. The molecular formula is C16H19Cl2NO4. The number of rotatable bonds is 2. The van der Waals surface area contributed by atoms with Crippen LogP contribution in [-0.2, 0) is 9.53 Å². The Morgan fingerprint density at radius 3 is 2.43 bits per heavy atom. The molecule has 2 rings (SSSR count). The van der Waals surface area contributed by atoms with Crippen LogP contribution in [0.2, 0.25) is 10.0 Å². The smallest absolute Gasteiger partial charge is 0.410 e. The topological polar surface area (TPSA) is 66.8 Å². The van der Waals surface area contributed by atoms with Gasteiger partial charge >= 0.3 is 12.1 Å². The molecule has 1 aliphatic rings. The number of hydrogen-bond donors (Lipinski definition) is 1. The maximum absolute atomic E-state index is 12.2. The lowest BCUT2D eigenvalue weighted by atomic mass is 9.89. The molecule has 2 atom stereocenters. The van der Waals surface area contributed by atoms with E-state index in [2.05, 4.69) is 0 Å². The standard InChI is InChI=1S/C16H19Cl2NO4/c1-16(2,3)23-15(22)19-7-11(12(8-19)14(20)21)10-5-4-9(17)6-13(10)18/h4-6,11-12H,7-8H2,1-3H3,(H,20,21)/t11-,12-/m0/s1. The number of halogens is 2. The van der Waals surface area contributed by atoms with Crippen LogP contribution in [0.15, 0.2) is 18.2 Å². The van der Waals surface area contributed by atoms with Crippen molar-refractivity contribution in [1.29, 1.82) is 0 Å². The Kier molecular flexibility index (Phi) is 5.11. The molecular weight excluding hydrogens is 341 g/mol. The number of benzene rings is 1. The summed E-state index contributed by atoms with van der Waals surface area (Å²) in [6.45, 7) is 5.64. The van der Waals surface area contributed by atoms with Crippen LogP contribution in [0.4, 0.5) is 4.79 Å². The fourth-order valence-electron chi connectivity index (χ4n) is 2.65. The van der Waals surface area contributed by atoms with Crippen LogP contribution >= 0.6 is 23.2 Å². The number of aliphatic carboxylic acids is 1. The van der Waals surface area contributed by atoms with Crippen molar-refractivity contribution in [2.75, 3.05) is 13.1 Å². The van der Waals surface area contributed by atoms with Gasteiger partial charge in [0.2, 0.25) is 0 Å². The summed E-state index contributed by atoms with van der Waals surface area (Å²) in [6.07, 6.45) is -0.517. The van der Waals surface area contributed by atoms with E-state index in [-0.39, 0.29) is 13.1 Å². The summed E-state index contributed by atoms with van der Waals surface area (Å²) in [7, 11) is 0. The second kappa shape index (κ2) is 6.57. The molecule has 1 saturated heterocycles. The average Bonchev–Trinajstić information content (AvgIpc) is 2.81. The summed E-state index contributed by atoms with van der Waals surface area (Å²) in [5.41, 5.74) is 0.0424. The molecule has 1 aliphatic heterocycles. The Labute approximate surface area is 145 Å². The van der Waals surface area contributed by atoms with Crippen molar-refractivity contribution < 1.29 is 19.4 Å².